The Morgan fingerprint density at radius 2 is 1.68 bits per heavy atom. The van der Waals surface area contributed by atoms with Gasteiger partial charge in [0.15, 0.2) is 11.5 Å². The number of halogens is 1. The third-order valence-corrected chi connectivity index (χ3v) is 5.49. The second-order valence-corrected chi connectivity index (χ2v) is 7.31. The summed E-state index contributed by atoms with van der Waals surface area (Å²) < 4.78 is 19.2. The molecule has 6 heteroatoms. The van der Waals surface area contributed by atoms with Gasteiger partial charge in [-0.15, -0.1) is 0 Å². The Bertz CT molecular complexity index is 968. The Balaban J connectivity index is 2.18. The minimum absolute atomic E-state index is 0.437. The van der Waals surface area contributed by atoms with Crippen LogP contribution >= 0.6 is 11.6 Å². The molecule has 3 rings (SSSR count). The van der Waals surface area contributed by atoms with Crippen LogP contribution in [0.25, 0.3) is 11.0 Å². The summed E-state index contributed by atoms with van der Waals surface area (Å²) >= 11 is 6.47. The number of nitrogens with zero attached hydrogens (tertiary/aromatic N) is 2. The Morgan fingerprint density at radius 1 is 1.07 bits per heavy atom. The molecule has 0 fully saturated rings. The smallest absolute Gasteiger partial charge is 0.302 e. The van der Waals surface area contributed by atoms with Crippen LogP contribution in [0.4, 0.5) is 0 Å². The van der Waals surface area contributed by atoms with Gasteiger partial charge in [0.2, 0.25) is 5.75 Å². The minimum atomic E-state index is 0.437. The molecule has 0 N–H and O–H groups in total. The van der Waals surface area contributed by atoms with Gasteiger partial charge in [-0.1, -0.05) is 31.5 Å². The van der Waals surface area contributed by atoms with Crippen molar-refractivity contribution in [2.24, 2.45) is 7.05 Å². The summed E-state index contributed by atoms with van der Waals surface area (Å²) in [4.78, 5) is 4.69. The molecule has 0 atom stereocenters. The van der Waals surface area contributed by atoms with Gasteiger partial charge in [0.1, 0.15) is 5.52 Å². The van der Waals surface area contributed by atoms with E-state index < -0.39 is 0 Å². The Labute approximate surface area is 171 Å². The van der Waals surface area contributed by atoms with Crippen LogP contribution in [0.15, 0.2) is 24.3 Å². The van der Waals surface area contributed by atoms with Crippen molar-refractivity contribution in [3.05, 3.63) is 40.4 Å². The SMILES string of the molecule is CCC(CC)c1ccc(Cl)c2nc(Oc3c(OC)cc(C)cc3OC)n(C)c12. The number of rotatable bonds is 7. The van der Waals surface area contributed by atoms with Gasteiger partial charge in [-0.25, -0.2) is 0 Å². The third-order valence-electron chi connectivity index (χ3n) is 5.19. The van der Waals surface area contributed by atoms with E-state index in [-0.39, 0.29) is 0 Å². The number of ether oxygens (including phenoxy) is 3. The monoisotopic (exact) mass is 402 g/mol. The molecule has 28 heavy (non-hydrogen) atoms. The Hall–Kier alpha value is -2.40. The highest BCUT2D eigenvalue weighted by Crippen LogP contribution is 2.42. The van der Waals surface area contributed by atoms with Gasteiger partial charge < -0.3 is 14.2 Å². The van der Waals surface area contributed by atoms with Crippen molar-refractivity contribution in [1.29, 1.82) is 0 Å². The second-order valence-electron chi connectivity index (χ2n) is 6.90. The standard InChI is InChI=1S/C22H27ClN2O3/c1-7-14(8-2)15-9-10-16(23)19-20(15)25(4)22(24-19)28-21-17(26-5)11-13(3)12-18(21)27-6/h9-12,14H,7-8H2,1-6H3. The fraction of sp³-hybridized carbons (Fsp3) is 0.409. The van der Waals surface area contributed by atoms with Crippen LogP contribution in [0.2, 0.25) is 5.02 Å². The molecule has 5 nitrogen and oxygen atoms in total. The molecule has 0 aliphatic carbocycles. The van der Waals surface area contributed by atoms with Crippen LogP contribution in [0, 0.1) is 6.92 Å². The molecule has 0 spiro atoms. The van der Waals surface area contributed by atoms with E-state index in [1.807, 2.05) is 36.7 Å². The summed E-state index contributed by atoms with van der Waals surface area (Å²) in [6.45, 7) is 6.38. The van der Waals surface area contributed by atoms with E-state index in [9.17, 15) is 0 Å². The lowest BCUT2D eigenvalue weighted by Crippen LogP contribution is -2.02. The lowest BCUT2D eigenvalue weighted by Gasteiger charge is -2.16. The number of imidazole rings is 1. The summed E-state index contributed by atoms with van der Waals surface area (Å²) in [5.74, 6) is 2.12. The topological polar surface area (TPSA) is 45.5 Å². The first-order valence-corrected chi connectivity index (χ1v) is 9.88. The molecule has 0 unspecified atom stereocenters. The number of benzene rings is 2. The van der Waals surface area contributed by atoms with Gasteiger partial charge in [-0.05, 0) is 55.0 Å². The number of fused-ring (bicyclic) bond motifs is 1. The molecule has 0 saturated heterocycles. The van der Waals surface area contributed by atoms with Gasteiger partial charge in [-0.3, -0.25) is 4.57 Å². The average Bonchev–Trinajstić information content (AvgIpc) is 3.02. The van der Waals surface area contributed by atoms with Crippen molar-refractivity contribution in [3.8, 4) is 23.3 Å². The maximum absolute atomic E-state index is 6.47. The zero-order chi connectivity index (χ0) is 20.4. The van der Waals surface area contributed by atoms with Crippen molar-refractivity contribution < 1.29 is 14.2 Å². The summed E-state index contributed by atoms with van der Waals surface area (Å²) in [5, 5.41) is 0.609. The Kier molecular flexibility index (Phi) is 6.04. The zero-order valence-corrected chi connectivity index (χ0v) is 18.1. The Morgan fingerprint density at radius 3 is 2.21 bits per heavy atom. The van der Waals surface area contributed by atoms with E-state index in [0.29, 0.717) is 34.2 Å². The first-order chi connectivity index (χ1) is 13.4. The van der Waals surface area contributed by atoms with E-state index in [0.717, 1.165) is 29.4 Å². The first kappa shape index (κ1) is 20.3. The maximum atomic E-state index is 6.47. The highest BCUT2D eigenvalue weighted by atomic mass is 35.5. The van der Waals surface area contributed by atoms with Crippen LogP contribution in [0.3, 0.4) is 0 Å². The predicted octanol–water partition coefficient (Wildman–Crippen LogP) is 6.25. The van der Waals surface area contributed by atoms with Gasteiger partial charge in [-0.2, -0.15) is 4.98 Å². The molecule has 0 aliphatic rings. The lowest BCUT2D eigenvalue weighted by molar-refractivity contribution is 0.332. The zero-order valence-electron chi connectivity index (χ0n) is 17.3. The van der Waals surface area contributed by atoms with Gasteiger partial charge in [0, 0.05) is 7.05 Å². The van der Waals surface area contributed by atoms with Crippen molar-refractivity contribution >= 4 is 22.6 Å². The normalized spacial score (nSPS) is 11.3. The summed E-state index contributed by atoms with van der Waals surface area (Å²) in [7, 11) is 5.16. The van der Waals surface area contributed by atoms with Crippen molar-refractivity contribution in [2.75, 3.05) is 14.2 Å². The molecule has 0 aliphatic heterocycles. The van der Waals surface area contributed by atoms with Crippen LogP contribution in [-0.2, 0) is 7.05 Å². The number of methoxy groups -OCH3 is 2. The fourth-order valence-electron chi connectivity index (χ4n) is 3.65. The summed E-state index contributed by atoms with van der Waals surface area (Å²) in [6.07, 6.45) is 2.10. The number of hydrogen-bond acceptors (Lipinski definition) is 4. The van der Waals surface area contributed by atoms with Crippen molar-refractivity contribution in [3.63, 3.8) is 0 Å². The highest BCUT2D eigenvalue weighted by molar-refractivity contribution is 6.35. The molecule has 2 aromatic carbocycles. The number of aromatic nitrogens is 2. The van der Waals surface area contributed by atoms with E-state index >= 15 is 0 Å². The van der Waals surface area contributed by atoms with Crippen LogP contribution in [0.1, 0.15) is 43.7 Å². The molecule has 1 heterocycles. The van der Waals surface area contributed by atoms with E-state index in [1.54, 1.807) is 14.2 Å². The average molecular weight is 403 g/mol. The molecule has 150 valence electrons. The molecule has 1 aromatic heterocycles. The van der Waals surface area contributed by atoms with Crippen molar-refractivity contribution in [1.82, 2.24) is 9.55 Å². The highest BCUT2D eigenvalue weighted by Gasteiger charge is 2.22. The lowest BCUT2D eigenvalue weighted by atomic mass is 9.93. The largest absolute Gasteiger partial charge is 0.493 e. The van der Waals surface area contributed by atoms with Gasteiger partial charge >= 0.3 is 6.01 Å². The van der Waals surface area contributed by atoms with E-state index in [2.05, 4.69) is 24.9 Å². The number of aryl methyl sites for hydroxylation is 2. The minimum Gasteiger partial charge on any atom is -0.493 e. The third kappa shape index (κ3) is 3.51. The molecule has 0 radical (unpaired) electrons. The predicted molar refractivity (Wildman–Crippen MR) is 113 cm³/mol. The van der Waals surface area contributed by atoms with Crippen LogP contribution < -0.4 is 14.2 Å². The number of hydrogen-bond donors (Lipinski definition) is 0. The molecule has 0 saturated carbocycles. The van der Waals surface area contributed by atoms with E-state index in [4.69, 9.17) is 25.8 Å². The first-order valence-electron chi connectivity index (χ1n) is 9.50. The fourth-order valence-corrected chi connectivity index (χ4v) is 3.84. The van der Waals surface area contributed by atoms with Crippen molar-refractivity contribution in [2.45, 2.75) is 39.5 Å². The quantitative estimate of drug-likeness (QED) is 0.468. The summed E-state index contributed by atoms with van der Waals surface area (Å²) in [5.41, 5.74) is 4.00. The second kappa shape index (κ2) is 8.31. The van der Waals surface area contributed by atoms with Gasteiger partial charge in [0.25, 0.3) is 0 Å². The maximum Gasteiger partial charge on any atom is 0.302 e. The van der Waals surface area contributed by atoms with Crippen LogP contribution in [0.5, 0.6) is 23.3 Å². The van der Waals surface area contributed by atoms with Crippen LogP contribution in [-0.4, -0.2) is 23.8 Å². The molecular formula is C22H27ClN2O3. The molecule has 3 aromatic rings. The molecular weight excluding hydrogens is 376 g/mol. The summed E-state index contributed by atoms with van der Waals surface area (Å²) in [6, 6.07) is 8.27. The van der Waals surface area contributed by atoms with E-state index in [1.165, 1.54) is 5.56 Å². The van der Waals surface area contributed by atoms with Gasteiger partial charge in [0.05, 0.1) is 24.8 Å². The molecule has 0 amide bonds. The molecule has 0 bridgehead atoms.